The lowest BCUT2D eigenvalue weighted by Gasteiger charge is -2.12. The second-order valence-electron chi connectivity index (χ2n) is 4.44. The molecule has 2 aromatic rings. The molecule has 0 atom stereocenters. The van der Waals surface area contributed by atoms with E-state index in [1.165, 1.54) is 18.5 Å². The maximum absolute atomic E-state index is 12.3. The third-order valence-corrected chi connectivity index (χ3v) is 5.47. The zero-order valence-corrected chi connectivity index (χ0v) is 13.4. The van der Waals surface area contributed by atoms with Gasteiger partial charge in [0.25, 0.3) is 10.0 Å². The van der Waals surface area contributed by atoms with Gasteiger partial charge in [-0.2, -0.15) is 0 Å². The summed E-state index contributed by atoms with van der Waals surface area (Å²) in [5, 5.41) is 0. The molecular formula is C13H14BrN3O2S. The van der Waals surface area contributed by atoms with Crippen LogP contribution in [0.5, 0.6) is 0 Å². The van der Waals surface area contributed by atoms with E-state index in [0.29, 0.717) is 5.69 Å². The van der Waals surface area contributed by atoms with E-state index in [1.807, 2.05) is 13.8 Å². The first-order valence-corrected chi connectivity index (χ1v) is 8.08. The average Bonchev–Trinajstić information content (AvgIpc) is 2.35. The van der Waals surface area contributed by atoms with Gasteiger partial charge in [0.2, 0.25) is 0 Å². The first-order chi connectivity index (χ1) is 9.31. The lowest BCUT2D eigenvalue weighted by molar-refractivity contribution is 0.601. The van der Waals surface area contributed by atoms with E-state index in [2.05, 4.69) is 25.6 Å². The van der Waals surface area contributed by atoms with Gasteiger partial charge in [0, 0.05) is 22.6 Å². The van der Waals surface area contributed by atoms with Crippen molar-refractivity contribution >= 4 is 37.3 Å². The number of pyridine rings is 1. The van der Waals surface area contributed by atoms with E-state index in [4.69, 9.17) is 5.73 Å². The van der Waals surface area contributed by atoms with E-state index in [1.54, 1.807) is 12.1 Å². The molecule has 1 aromatic carbocycles. The zero-order chi connectivity index (χ0) is 14.9. The molecule has 1 aromatic heterocycles. The van der Waals surface area contributed by atoms with E-state index in [-0.39, 0.29) is 10.6 Å². The number of rotatable bonds is 3. The molecule has 0 saturated carbocycles. The quantitative estimate of drug-likeness (QED) is 0.886. The molecule has 0 aliphatic carbocycles. The molecular weight excluding hydrogens is 342 g/mol. The largest absolute Gasteiger partial charge is 0.398 e. The first kappa shape index (κ1) is 14.8. The third kappa shape index (κ3) is 2.94. The lowest BCUT2D eigenvalue weighted by Crippen LogP contribution is -2.15. The SMILES string of the molecule is Cc1cc(NS(=O)(=O)c2cnccc2N)cc(C)c1Br. The van der Waals surface area contributed by atoms with Crippen molar-refractivity contribution in [3.63, 3.8) is 0 Å². The van der Waals surface area contributed by atoms with E-state index in [9.17, 15) is 8.42 Å². The van der Waals surface area contributed by atoms with Crippen LogP contribution in [0.4, 0.5) is 11.4 Å². The fourth-order valence-electron chi connectivity index (χ4n) is 1.83. The van der Waals surface area contributed by atoms with Gasteiger partial charge in [0.1, 0.15) is 4.90 Å². The molecule has 0 radical (unpaired) electrons. The minimum Gasteiger partial charge on any atom is -0.398 e. The number of halogens is 1. The molecule has 0 amide bonds. The van der Waals surface area contributed by atoms with Gasteiger partial charge in [0.05, 0.1) is 5.69 Å². The maximum atomic E-state index is 12.3. The smallest absolute Gasteiger partial charge is 0.265 e. The number of aryl methyl sites for hydroxylation is 2. The van der Waals surface area contributed by atoms with Gasteiger partial charge in [-0.3, -0.25) is 9.71 Å². The van der Waals surface area contributed by atoms with Crippen molar-refractivity contribution in [3.05, 3.63) is 46.2 Å². The first-order valence-electron chi connectivity index (χ1n) is 5.80. The van der Waals surface area contributed by atoms with Crippen molar-refractivity contribution in [1.29, 1.82) is 0 Å². The highest BCUT2D eigenvalue weighted by Gasteiger charge is 2.18. The van der Waals surface area contributed by atoms with Crippen LogP contribution in [0.25, 0.3) is 0 Å². The highest BCUT2D eigenvalue weighted by atomic mass is 79.9. The van der Waals surface area contributed by atoms with Crippen molar-refractivity contribution in [2.24, 2.45) is 0 Å². The molecule has 0 fully saturated rings. The van der Waals surface area contributed by atoms with Crippen LogP contribution in [0.3, 0.4) is 0 Å². The monoisotopic (exact) mass is 355 g/mol. The molecule has 0 unspecified atom stereocenters. The molecule has 0 bridgehead atoms. The number of benzene rings is 1. The Labute approximate surface area is 126 Å². The van der Waals surface area contributed by atoms with Gasteiger partial charge in [0.15, 0.2) is 0 Å². The summed E-state index contributed by atoms with van der Waals surface area (Å²) < 4.78 is 28.0. The normalized spacial score (nSPS) is 11.3. The molecule has 7 heteroatoms. The number of hydrogen-bond acceptors (Lipinski definition) is 4. The summed E-state index contributed by atoms with van der Waals surface area (Å²) >= 11 is 3.44. The molecule has 0 aliphatic rings. The van der Waals surface area contributed by atoms with Crippen LogP contribution in [0.1, 0.15) is 11.1 Å². The Kier molecular flexibility index (Phi) is 4.01. The van der Waals surface area contributed by atoms with Gasteiger partial charge < -0.3 is 5.73 Å². The Morgan fingerprint density at radius 1 is 1.25 bits per heavy atom. The number of nitrogens with one attached hydrogen (secondary N) is 1. The summed E-state index contributed by atoms with van der Waals surface area (Å²) in [7, 11) is -3.74. The number of nitrogens with two attached hydrogens (primary N) is 1. The summed E-state index contributed by atoms with van der Waals surface area (Å²) in [6.07, 6.45) is 2.68. The van der Waals surface area contributed by atoms with Crippen LogP contribution in [0, 0.1) is 13.8 Å². The van der Waals surface area contributed by atoms with Crippen molar-refractivity contribution in [2.45, 2.75) is 18.7 Å². The molecule has 5 nitrogen and oxygen atoms in total. The predicted molar refractivity (Wildman–Crippen MR) is 83.1 cm³/mol. The number of aromatic nitrogens is 1. The van der Waals surface area contributed by atoms with Crippen LogP contribution < -0.4 is 10.5 Å². The summed E-state index contributed by atoms with van der Waals surface area (Å²) in [5.41, 5.74) is 8.23. The number of nitrogens with zero attached hydrogens (tertiary/aromatic N) is 1. The van der Waals surface area contributed by atoms with Crippen LogP contribution in [0.15, 0.2) is 40.0 Å². The molecule has 2 rings (SSSR count). The predicted octanol–water partition coefficient (Wildman–Crippen LogP) is 2.84. The number of anilines is 2. The second kappa shape index (κ2) is 5.41. The summed E-state index contributed by atoms with van der Waals surface area (Å²) in [6, 6.07) is 4.95. The van der Waals surface area contributed by atoms with Crippen molar-refractivity contribution in [1.82, 2.24) is 4.98 Å². The third-order valence-electron chi connectivity index (χ3n) is 2.79. The molecule has 0 saturated heterocycles. The van der Waals surface area contributed by atoms with E-state index in [0.717, 1.165) is 15.6 Å². The van der Waals surface area contributed by atoms with Gasteiger partial charge in [-0.25, -0.2) is 8.42 Å². The maximum Gasteiger partial charge on any atom is 0.265 e. The Hall–Kier alpha value is -1.60. The molecule has 106 valence electrons. The summed E-state index contributed by atoms with van der Waals surface area (Å²) in [6.45, 7) is 3.79. The fraction of sp³-hybridized carbons (Fsp3) is 0.154. The topological polar surface area (TPSA) is 85.1 Å². The molecule has 0 spiro atoms. The Bertz CT molecular complexity index is 737. The van der Waals surface area contributed by atoms with Crippen molar-refractivity contribution in [3.8, 4) is 0 Å². The Morgan fingerprint density at radius 2 is 1.85 bits per heavy atom. The average molecular weight is 356 g/mol. The second-order valence-corrected chi connectivity index (χ2v) is 6.89. The van der Waals surface area contributed by atoms with Gasteiger partial charge >= 0.3 is 0 Å². The lowest BCUT2D eigenvalue weighted by atomic mass is 10.1. The zero-order valence-electron chi connectivity index (χ0n) is 11.0. The molecule has 1 heterocycles. The minimum atomic E-state index is -3.74. The van der Waals surface area contributed by atoms with Crippen LogP contribution >= 0.6 is 15.9 Å². The van der Waals surface area contributed by atoms with Crippen LogP contribution in [-0.4, -0.2) is 13.4 Å². The van der Waals surface area contributed by atoms with Crippen molar-refractivity contribution in [2.75, 3.05) is 10.5 Å². The Morgan fingerprint density at radius 3 is 2.40 bits per heavy atom. The number of nitrogen functional groups attached to an aromatic ring is 1. The highest BCUT2D eigenvalue weighted by molar-refractivity contribution is 9.10. The standard InChI is InChI=1S/C13H14BrN3O2S/c1-8-5-10(6-9(2)13(8)14)17-20(18,19)12-7-16-4-3-11(12)15/h3-7,17H,1-2H3,(H2,15,16). The number of hydrogen-bond donors (Lipinski definition) is 2. The summed E-state index contributed by atoms with van der Waals surface area (Å²) in [4.78, 5) is 3.77. The van der Waals surface area contributed by atoms with Gasteiger partial charge in [-0.05, 0) is 43.2 Å². The van der Waals surface area contributed by atoms with Gasteiger partial charge in [-0.1, -0.05) is 15.9 Å². The van der Waals surface area contributed by atoms with Crippen LogP contribution in [0.2, 0.25) is 0 Å². The molecule has 0 aliphatic heterocycles. The number of sulfonamides is 1. The highest BCUT2D eigenvalue weighted by Crippen LogP contribution is 2.27. The molecule has 20 heavy (non-hydrogen) atoms. The van der Waals surface area contributed by atoms with E-state index >= 15 is 0 Å². The minimum absolute atomic E-state index is 0.0294. The Balaban J connectivity index is 2.42. The summed E-state index contributed by atoms with van der Waals surface area (Å²) in [5.74, 6) is 0. The van der Waals surface area contributed by atoms with Gasteiger partial charge in [-0.15, -0.1) is 0 Å². The van der Waals surface area contributed by atoms with Crippen molar-refractivity contribution < 1.29 is 8.42 Å². The molecule has 3 N–H and O–H groups in total. The fourth-order valence-corrected chi connectivity index (χ4v) is 3.18. The van der Waals surface area contributed by atoms with E-state index < -0.39 is 10.0 Å². The van der Waals surface area contributed by atoms with Crippen LogP contribution in [-0.2, 0) is 10.0 Å².